The van der Waals surface area contributed by atoms with Crippen LogP contribution in [0.4, 0.5) is 0 Å². The summed E-state index contributed by atoms with van der Waals surface area (Å²) in [4.78, 5) is 2.53. The van der Waals surface area contributed by atoms with E-state index < -0.39 is 0 Å². The molecule has 0 aromatic heterocycles. The van der Waals surface area contributed by atoms with E-state index in [9.17, 15) is 0 Å². The molecule has 0 aromatic carbocycles. The SMILES string of the molecule is CC1CCCCCCCCCN1C. The van der Waals surface area contributed by atoms with Gasteiger partial charge in [0.15, 0.2) is 0 Å². The van der Waals surface area contributed by atoms with Crippen molar-refractivity contribution in [1.82, 2.24) is 4.90 Å². The second-order valence-corrected chi connectivity index (χ2v) is 4.59. The van der Waals surface area contributed by atoms with Gasteiger partial charge in [-0.1, -0.05) is 38.5 Å². The molecule has 1 fully saturated rings. The third-order valence-electron chi connectivity index (χ3n) is 3.39. The molecule has 1 heterocycles. The topological polar surface area (TPSA) is 3.24 Å². The van der Waals surface area contributed by atoms with E-state index in [-0.39, 0.29) is 0 Å². The fraction of sp³-hybridized carbons (Fsp3) is 1.00. The first-order chi connectivity index (χ1) is 6.30. The Balaban J connectivity index is 2.26. The van der Waals surface area contributed by atoms with Crippen LogP contribution < -0.4 is 0 Å². The number of hydrogen-bond donors (Lipinski definition) is 0. The van der Waals surface area contributed by atoms with E-state index >= 15 is 0 Å². The Hall–Kier alpha value is -0.0400. The summed E-state index contributed by atoms with van der Waals surface area (Å²) < 4.78 is 0. The highest BCUT2D eigenvalue weighted by molar-refractivity contribution is 4.64. The van der Waals surface area contributed by atoms with Crippen LogP contribution in [0.5, 0.6) is 0 Å². The molecule has 0 spiro atoms. The van der Waals surface area contributed by atoms with Crippen LogP contribution in [0.1, 0.15) is 58.3 Å². The molecule has 0 aliphatic carbocycles. The van der Waals surface area contributed by atoms with Crippen LogP contribution in [-0.4, -0.2) is 24.5 Å². The summed E-state index contributed by atoms with van der Waals surface area (Å²) in [7, 11) is 2.28. The molecule has 1 rings (SSSR count). The summed E-state index contributed by atoms with van der Waals surface area (Å²) in [6, 6.07) is 0.804. The van der Waals surface area contributed by atoms with Crippen molar-refractivity contribution in [2.45, 2.75) is 64.3 Å². The maximum absolute atomic E-state index is 2.53. The Kier molecular flexibility index (Phi) is 5.45. The number of rotatable bonds is 0. The fourth-order valence-corrected chi connectivity index (χ4v) is 2.13. The first-order valence-electron chi connectivity index (χ1n) is 6.01. The van der Waals surface area contributed by atoms with Crippen LogP contribution in [0.3, 0.4) is 0 Å². The van der Waals surface area contributed by atoms with E-state index in [0.29, 0.717) is 0 Å². The Morgan fingerprint density at radius 2 is 1.38 bits per heavy atom. The molecule has 1 aliphatic rings. The molecule has 0 radical (unpaired) electrons. The zero-order valence-electron chi connectivity index (χ0n) is 9.39. The van der Waals surface area contributed by atoms with Crippen LogP contribution >= 0.6 is 0 Å². The predicted molar refractivity (Wildman–Crippen MR) is 59.0 cm³/mol. The Bertz CT molecular complexity index is 108. The van der Waals surface area contributed by atoms with E-state index in [1.54, 1.807) is 0 Å². The third kappa shape index (κ3) is 4.66. The van der Waals surface area contributed by atoms with Gasteiger partial charge in [0.2, 0.25) is 0 Å². The van der Waals surface area contributed by atoms with E-state index in [4.69, 9.17) is 0 Å². The quantitative estimate of drug-likeness (QED) is 0.556. The molecule has 0 bridgehead atoms. The van der Waals surface area contributed by atoms with Gasteiger partial charge >= 0.3 is 0 Å². The largest absolute Gasteiger partial charge is 0.304 e. The third-order valence-corrected chi connectivity index (χ3v) is 3.39. The van der Waals surface area contributed by atoms with Crippen LogP contribution in [0, 0.1) is 0 Å². The van der Waals surface area contributed by atoms with E-state index in [0.717, 1.165) is 6.04 Å². The first kappa shape index (κ1) is 11.0. The van der Waals surface area contributed by atoms with Crippen molar-refractivity contribution < 1.29 is 0 Å². The van der Waals surface area contributed by atoms with Crippen molar-refractivity contribution in [3.8, 4) is 0 Å². The van der Waals surface area contributed by atoms with Gasteiger partial charge in [0.05, 0.1) is 0 Å². The van der Waals surface area contributed by atoms with Gasteiger partial charge in [-0.05, 0) is 33.4 Å². The molecule has 1 atom stereocenters. The van der Waals surface area contributed by atoms with E-state index in [1.807, 2.05) is 0 Å². The number of nitrogens with zero attached hydrogens (tertiary/aromatic N) is 1. The summed E-state index contributed by atoms with van der Waals surface area (Å²) in [5.41, 5.74) is 0. The van der Waals surface area contributed by atoms with Crippen molar-refractivity contribution >= 4 is 0 Å². The van der Waals surface area contributed by atoms with E-state index in [2.05, 4.69) is 18.9 Å². The molecule has 1 heteroatoms. The van der Waals surface area contributed by atoms with Gasteiger partial charge < -0.3 is 4.90 Å². The molecular weight excluding hydrogens is 158 g/mol. The molecule has 1 saturated heterocycles. The highest BCUT2D eigenvalue weighted by Crippen LogP contribution is 2.14. The maximum Gasteiger partial charge on any atom is 0.00638 e. The summed E-state index contributed by atoms with van der Waals surface area (Å²) in [6.07, 6.45) is 11.5. The lowest BCUT2D eigenvalue weighted by Gasteiger charge is -2.24. The lowest BCUT2D eigenvalue weighted by Crippen LogP contribution is -2.29. The molecule has 0 saturated carbocycles. The Morgan fingerprint density at radius 3 is 2.08 bits per heavy atom. The summed E-state index contributed by atoms with van der Waals surface area (Å²) in [5.74, 6) is 0. The Morgan fingerprint density at radius 1 is 0.846 bits per heavy atom. The second-order valence-electron chi connectivity index (χ2n) is 4.59. The van der Waals surface area contributed by atoms with Gasteiger partial charge in [-0.15, -0.1) is 0 Å². The minimum Gasteiger partial charge on any atom is -0.304 e. The predicted octanol–water partition coefficient (Wildman–Crippen LogP) is 3.44. The van der Waals surface area contributed by atoms with Crippen LogP contribution in [0.15, 0.2) is 0 Å². The number of hydrogen-bond acceptors (Lipinski definition) is 1. The Labute approximate surface area is 83.5 Å². The van der Waals surface area contributed by atoms with Crippen LogP contribution in [0.25, 0.3) is 0 Å². The molecule has 78 valence electrons. The van der Waals surface area contributed by atoms with E-state index in [1.165, 1.54) is 57.9 Å². The van der Waals surface area contributed by atoms with Crippen molar-refractivity contribution in [2.24, 2.45) is 0 Å². The standard InChI is InChI=1S/C12H25N/c1-12-10-8-6-4-3-5-7-9-11-13(12)2/h12H,3-11H2,1-2H3. The molecule has 0 amide bonds. The van der Waals surface area contributed by atoms with Crippen molar-refractivity contribution in [3.63, 3.8) is 0 Å². The van der Waals surface area contributed by atoms with Gasteiger partial charge in [0.1, 0.15) is 0 Å². The normalized spacial score (nSPS) is 29.5. The highest BCUT2D eigenvalue weighted by atomic mass is 15.1. The zero-order chi connectivity index (χ0) is 9.52. The molecule has 1 unspecified atom stereocenters. The zero-order valence-corrected chi connectivity index (χ0v) is 9.39. The molecule has 0 aromatic rings. The highest BCUT2D eigenvalue weighted by Gasteiger charge is 2.08. The van der Waals surface area contributed by atoms with Crippen molar-refractivity contribution in [2.75, 3.05) is 13.6 Å². The van der Waals surface area contributed by atoms with Gasteiger partial charge in [0.25, 0.3) is 0 Å². The summed E-state index contributed by atoms with van der Waals surface area (Å²) >= 11 is 0. The lowest BCUT2D eigenvalue weighted by molar-refractivity contribution is 0.239. The van der Waals surface area contributed by atoms with Crippen molar-refractivity contribution in [3.05, 3.63) is 0 Å². The van der Waals surface area contributed by atoms with Crippen LogP contribution in [-0.2, 0) is 0 Å². The average molecular weight is 183 g/mol. The van der Waals surface area contributed by atoms with Gasteiger partial charge in [-0.2, -0.15) is 0 Å². The molecular formula is C12H25N. The maximum atomic E-state index is 2.53. The van der Waals surface area contributed by atoms with Gasteiger partial charge in [-0.25, -0.2) is 0 Å². The minimum atomic E-state index is 0.804. The molecule has 1 aliphatic heterocycles. The lowest BCUT2D eigenvalue weighted by atomic mass is 10.1. The second kappa shape index (κ2) is 6.42. The fourth-order valence-electron chi connectivity index (χ4n) is 2.13. The van der Waals surface area contributed by atoms with Crippen LogP contribution in [0.2, 0.25) is 0 Å². The smallest absolute Gasteiger partial charge is 0.00638 e. The summed E-state index contributed by atoms with van der Waals surface area (Å²) in [6.45, 7) is 3.68. The summed E-state index contributed by atoms with van der Waals surface area (Å²) in [5, 5.41) is 0. The first-order valence-corrected chi connectivity index (χ1v) is 6.01. The van der Waals surface area contributed by atoms with Gasteiger partial charge in [0, 0.05) is 6.04 Å². The van der Waals surface area contributed by atoms with Gasteiger partial charge in [-0.3, -0.25) is 0 Å². The van der Waals surface area contributed by atoms with Crippen molar-refractivity contribution in [1.29, 1.82) is 0 Å². The molecule has 13 heavy (non-hydrogen) atoms. The molecule has 0 N–H and O–H groups in total. The average Bonchev–Trinajstić information content (AvgIpc) is 2.16. The minimum absolute atomic E-state index is 0.804. The molecule has 1 nitrogen and oxygen atoms in total. The monoisotopic (exact) mass is 183 g/mol.